The number of aliphatic hydroxyl groups excluding tert-OH is 1. The first-order chi connectivity index (χ1) is 5.65. The van der Waals surface area contributed by atoms with Crippen LogP contribution >= 0.6 is 0 Å². The zero-order chi connectivity index (χ0) is 9.14. The SMILES string of the molecule is CO[C@@H]1CC[C@H](C)[C@@H]([C@H](C)O)O1. The fourth-order valence-electron chi connectivity index (χ4n) is 1.70. The fourth-order valence-corrected chi connectivity index (χ4v) is 1.70. The van der Waals surface area contributed by atoms with Gasteiger partial charge in [0.25, 0.3) is 0 Å². The highest BCUT2D eigenvalue weighted by Crippen LogP contribution is 2.26. The quantitative estimate of drug-likeness (QED) is 0.682. The Morgan fingerprint density at radius 3 is 2.67 bits per heavy atom. The molecular weight excluding hydrogens is 156 g/mol. The predicted molar refractivity (Wildman–Crippen MR) is 45.7 cm³/mol. The highest BCUT2D eigenvalue weighted by molar-refractivity contribution is 4.76. The topological polar surface area (TPSA) is 38.7 Å². The zero-order valence-electron chi connectivity index (χ0n) is 7.99. The van der Waals surface area contributed by atoms with Gasteiger partial charge in [-0.05, 0) is 25.7 Å². The molecule has 0 unspecified atom stereocenters. The number of aliphatic hydroxyl groups is 1. The van der Waals surface area contributed by atoms with Crippen molar-refractivity contribution in [3.05, 3.63) is 0 Å². The average Bonchev–Trinajstić information content (AvgIpc) is 2.05. The Morgan fingerprint density at radius 1 is 1.50 bits per heavy atom. The Kier molecular flexibility index (Phi) is 3.50. The summed E-state index contributed by atoms with van der Waals surface area (Å²) in [4.78, 5) is 0. The van der Waals surface area contributed by atoms with Crippen LogP contribution in [0.15, 0.2) is 0 Å². The van der Waals surface area contributed by atoms with E-state index < -0.39 is 6.10 Å². The van der Waals surface area contributed by atoms with Crippen LogP contribution in [0, 0.1) is 5.92 Å². The van der Waals surface area contributed by atoms with E-state index in [0.29, 0.717) is 5.92 Å². The van der Waals surface area contributed by atoms with Crippen molar-refractivity contribution in [2.75, 3.05) is 7.11 Å². The molecule has 0 saturated carbocycles. The van der Waals surface area contributed by atoms with Gasteiger partial charge in [0, 0.05) is 7.11 Å². The van der Waals surface area contributed by atoms with Crippen molar-refractivity contribution in [1.29, 1.82) is 0 Å². The molecule has 0 bridgehead atoms. The molecule has 1 saturated heterocycles. The van der Waals surface area contributed by atoms with Crippen LogP contribution in [0.2, 0.25) is 0 Å². The van der Waals surface area contributed by atoms with Crippen LogP contribution in [0.5, 0.6) is 0 Å². The second-order valence-corrected chi connectivity index (χ2v) is 3.56. The van der Waals surface area contributed by atoms with E-state index >= 15 is 0 Å². The maximum atomic E-state index is 9.38. The molecule has 1 heterocycles. The van der Waals surface area contributed by atoms with Crippen molar-refractivity contribution in [3.63, 3.8) is 0 Å². The lowest BCUT2D eigenvalue weighted by molar-refractivity contribution is -0.216. The molecule has 0 aromatic carbocycles. The van der Waals surface area contributed by atoms with Crippen molar-refractivity contribution < 1.29 is 14.6 Å². The van der Waals surface area contributed by atoms with Crippen molar-refractivity contribution in [3.8, 4) is 0 Å². The summed E-state index contributed by atoms with van der Waals surface area (Å²) in [5.74, 6) is 0.427. The monoisotopic (exact) mass is 174 g/mol. The van der Waals surface area contributed by atoms with Gasteiger partial charge in [-0.1, -0.05) is 6.92 Å². The molecule has 0 amide bonds. The van der Waals surface area contributed by atoms with Crippen molar-refractivity contribution in [2.24, 2.45) is 5.92 Å². The van der Waals surface area contributed by atoms with Crippen LogP contribution in [0.1, 0.15) is 26.7 Å². The maximum Gasteiger partial charge on any atom is 0.157 e. The minimum Gasteiger partial charge on any atom is -0.391 e. The smallest absolute Gasteiger partial charge is 0.157 e. The van der Waals surface area contributed by atoms with E-state index in [1.54, 1.807) is 14.0 Å². The first-order valence-electron chi connectivity index (χ1n) is 4.51. The summed E-state index contributed by atoms with van der Waals surface area (Å²) < 4.78 is 10.6. The molecule has 4 atom stereocenters. The Morgan fingerprint density at radius 2 is 2.17 bits per heavy atom. The van der Waals surface area contributed by atoms with Gasteiger partial charge >= 0.3 is 0 Å². The second-order valence-electron chi connectivity index (χ2n) is 3.56. The van der Waals surface area contributed by atoms with Gasteiger partial charge in [-0.15, -0.1) is 0 Å². The Hall–Kier alpha value is -0.120. The molecule has 1 rings (SSSR count). The van der Waals surface area contributed by atoms with Gasteiger partial charge in [0.1, 0.15) is 0 Å². The minimum absolute atomic E-state index is 0.0660. The summed E-state index contributed by atoms with van der Waals surface area (Å²) in [5, 5.41) is 9.38. The van der Waals surface area contributed by atoms with Gasteiger partial charge < -0.3 is 14.6 Å². The van der Waals surface area contributed by atoms with Crippen LogP contribution in [-0.2, 0) is 9.47 Å². The van der Waals surface area contributed by atoms with E-state index in [1.807, 2.05) is 0 Å². The average molecular weight is 174 g/mol. The lowest BCUT2D eigenvalue weighted by atomic mass is 9.93. The maximum absolute atomic E-state index is 9.38. The molecule has 1 aliphatic heterocycles. The Labute approximate surface area is 73.7 Å². The largest absolute Gasteiger partial charge is 0.391 e. The number of hydrogen-bond donors (Lipinski definition) is 1. The van der Waals surface area contributed by atoms with Crippen molar-refractivity contribution >= 4 is 0 Å². The summed E-state index contributed by atoms with van der Waals surface area (Å²) in [7, 11) is 1.64. The van der Waals surface area contributed by atoms with E-state index in [9.17, 15) is 5.11 Å². The van der Waals surface area contributed by atoms with Crippen molar-refractivity contribution in [1.82, 2.24) is 0 Å². The highest BCUT2D eigenvalue weighted by Gasteiger charge is 2.31. The van der Waals surface area contributed by atoms with E-state index in [-0.39, 0.29) is 12.4 Å². The normalized spacial score (nSPS) is 39.5. The molecular formula is C9H18O3. The third-order valence-corrected chi connectivity index (χ3v) is 2.47. The molecule has 0 spiro atoms. The lowest BCUT2D eigenvalue weighted by Crippen LogP contribution is -2.41. The molecule has 12 heavy (non-hydrogen) atoms. The van der Waals surface area contributed by atoms with Gasteiger partial charge in [0.15, 0.2) is 6.29 Å². The van der Waals surface area contributed by atoms with Gasteiger partial charge in [-0.25, -0.2) is 0 Å². The molecule has 0 radical (unpaired) electrons. The number of methoxy groups -OCH3 is 1. The van der Waals surface area contributed by atoms with E-state index in [2.05, 4.69) is 6.92 Å². The Bertz CT molecular complexity index is 136. The molecule has 0 aromatic rings. The molecule has 72 valence electrons. The summed E-state index contributed by atoms with van der Waals surface area (Å²) in [6.45, 7) is 3.86. The van der Waals surface area contributed by atoms with Gasteiger partial charge in [-0.2, -0.15) is 0 Å². The van der Waals surface area contributed by atoms with E-state index in [4.69, 9.17) is 9.47 Å². The van der Waals surface area contributed by atoms with Crippen LogP contribution in [0.3, 0.4) is 0 Å². The summed E-state index contributed by atoms with van der Waals surface area (Å²) >= 11 is 0. The first-order valence-corrected chi connectivity index (χ1v) is 4.51. The predicted octanol–water partition coefficient (Wildman–Crippen LogP) is 1.15. The number of hydrogen-bond acceptors (Lipinski definition) is 3. The third-order valence-electron chi connectivity index (χ3n) is 2.47. The summed E-state index contributed by atoms with van der Waals surface area (Å²) in [5.41, 5.74) is 0. The second kappa shape index (κ2) is 4.21. The zero-order valence-corrected chi connectivity index (χ0v) is 7.99. The number of ether oxygens (including phenoxy) is 2. The van der Waals surface area contributed by atoms with Crippen LogP contribution in [0.25, 0.3) is 0 Å². The van der Waals surface area contributed by atoms with Crippen LogP contribution in [-0.4, -0.2) is 30.7 Å². The standard InChI is InChI=1S/C9H18O3/c1-6-4-5-8(11-3)12-9(6)7(2)10/h6-10H,4-5H2,1-3H3/t6-,7-,8-,9-/m0/s1. The lowest BCUT2D eigenvalue weighted by Gasteiger charge is -2.35. The number of rotatable bonds is 2. The van der Waals surface area contributed by atoms with Crippen LogP contribution < -0.4 is 0 Å². The molecule has 1 fully saturated rings. The molecule has 3 heteroatoms. The summed E-state index contributed by atoms with van der Waals surface area (Å²) in [6, 6.07) is 0. The highest BCUT2D eigenvalue weighted by atomic mass is 16.7. The molecule has 0 aromatic heterocycles. The Balaban J connectivity index is 2.47. The third kappa shape index (κ3) is 2.19. The molecule has 1 N–H and O–H groups in total. The van der Waals surface area contributed by atoms with Gasteiger partial charge in [-0.3, -0.25) is 0 Å². The van der Waals surface area contributed by atoms with Gasteiger partial charge in [0.05, 0.1) is 12.2 Å². The molecule has 3 nitrogen and oxygen atoms in total. The van der Waals surface area contributed by atoms with E-state index in [1.165, 1.54) is 0 Å². The summed E-state index contributed by atoms with van der Waals surface area (Å²) in [6.07, 6.45) is 1.40. The fraction of sp³-hybridized carbons (Fsp3) is 1.00. The molecule has 0 aliphatic carbocycles. The van der Waals surface area contributed by atoms with Gasteiger partial charge in [0.2, 0.25) is 0 Å². The molecule has 1 aliphatic rings. The minimum atomic E-state index is -0.405. The van der Waals surface area contributed by atoms with E-state index in [0.717, 1.165) is 12.8 Å². The van der Waals surface area contributed by atoms with Crippen molar-refractivity contribution in [2.45, 2.75) is 45.2 Å². The van der Waals surface area contributed by atoms with Crippen LogP contribution in [0.4, 0.5) is 0 Å². The first kappa shape index (κ1) is 9.96.